The number of carboxylic acids is 4. The normalized spacial score (nSPS) is 21.5. The van der Waals surface area contributed by atoms with E-state index in [1.807, 2.05) is 0 Å². The highest BCUT2D eigenvalue weighted by Crippen LogP contribution is 2.58. The van der Waals surface area contributed by atoms with Gasteiger partial charge in [0.05, 0.1) is 21.7 Å². The molecule has 2 aromatic rings. The van der Waals surface area contributed by atoms with Crippen LogP contribution in [-0.2, 0) is 51.3 Å². The molecule has 0 bridgehead atoms. The van der Waals surface area contributed by atoms with Gasteiger partial charge in [-0.25, -0.2) is 0 Å². The molecule has 4 saturated carbocycles. The molecule has 4 aliphatic rings. The zero-order chi connectivity index (χ0) is 42.4. The van der Waals surface area contributed by atoms with E-state index in [0.717, 1.165) is 154 Å². The first-order valence-corrected chi connectivity index (χ1v) is 23.3. The van der Waals surface area contributed by atoms with Crippen molar-refractivity contribution in [3.05, 3.63) is 68.8 Å². The van der Waals surface area contributed by atoms with E-state index >= 15 is 0 Å². The maximum absolute atomic E-state index is 12.9. The summed E-state index contributed by atoms with van der Waals surface area (Å²) in [5, 5.41) is 39.5. The smallest absolute Gasteiger partial charge is 0.309 e. The lowest BCUT2D eigenvalue weighted by Gasteiger charge is -2.22. The number of rotatable bonds is 29. The number of hydrogen-bond donors (Lipinski definition) is 4. The monoisotopic (exact) mass is 813 g/mol. The molecule has 4 N–H and O–H groups in total. The fourth-order valence-corrected chi connectivity index (χ4v) is 10.6. The molecule has 2 unspecified atom stereocenters. The van der Waals surface area contributed by atoms with Gasteiger partial charge in [-0.2, -0.15) is 0 Å². The minimum absolute atomic E-state index is 0.0997. The predicted molar refractivity (Wildman–Crippen MR) is 231 cm³/mol. The molecule has 8 nitrogen and oxygen atoms in total. The Kier molecular flexibility index (Phi) is 14.4. The molecule has 0 aliphatic heterocycles. The van der Waals surface area contributed by atoms with Crippen molar-refractivity contribution in [2.75, 3.05) is 0 Å². The fraction of sp³-hybridized carbons (Fsp3) is 0.686. The second kappa shape index (κ2) is 18.9. The topological polar surface area (TPSA) is 149 Å². The molecule has 8 heteroatoms. The number of carbonyl (C=O) groups is 4. The van der Waals surface area contributed by atoms with Gasteiger partial charge in [0.1, 0.15) is 0 Å². The van der Waals surface area contributed by atoms with Gasteiger partial charge in [0.25, 0.3) is 0 Å². The molecule has 0 aromatic heterocycles. The third-order valence-corrected chi connectivity index (χ3v) is 15.8. The summed E-state index contributed by atoms with van der Waals surface area (Å²) in [6.07, 6.45) is 23.8. The van der Waals surface area contributed by atoms with Gasteiger partial charge in [-0.3, -0.25) is 19.2 Å². The zero-order valence-corrected chi connectivity index (χ0v) is 36.4. The van der Waals surface area contributed by atoms with E-state index in [1.54, 1.807) is 0 Å². The van der Waals surface area contributed by atoms with Gasteiger partial charge >= 0.3 is 23.9 Å². The van der Waals surface area contributed by atoms with E-state index in [1.165, 1.54) is 44.5 Å². The van der Waals surface area contributed by atoms with Crippen LogP contribution in [0.2, 0.25) is 0 Å². The predicted octanol–water partition coefficient (Wildman–Crippen LogP) is 11.6. The van der Waals surface area contributed by atoms with Crippen LogP contribution in [0.25, 0.3) is 0 Å². The van der Waals surface area contributed by atoms with Gasteiger partial charge in [0.2, 0.25) is 0 Å². The van der Waals surface area contributed by atoms with Gasteiger partial charge in [-0.1, -0.05) is 69.2 Å². The molecule has 0 spiro atoms. The fourth-order valence-electron chi connectivity index (χ4n) is 10.6. The van der Waals surface area contributed by atoms with Gasteiger partial charge in [0, 0.05) is 0 Å². The van der Waals surface area contributed by atoms with Crippen molar-refractivity contribution >= 4 is 23.9 Å². The lowest BCUT2D eigenvalue weighted by molar-refractivity contribution is -0.145. The molecule has 2 atom stereocenters. The van der Waals surface area contributed by atoms with Gasteiger partial charge < -0.3 is 20.4 Å². The van der Waals surface area contributed by atoms with Crippen molar-refractivity contribution in [1.82, 2.24) is 0 Å². The summed E-state index contributed by atoms with van der Waals surface area (Å²) in [7, 11) is 0. The Bertz CT molecular complexity index is 1850. The molecule has 0 saturated heterocycles. The molecule has 4 fully saturated rings. The minimum Gasteiger partial charge on any atom is -0.481 e. The summed E-state index contributed by atoms with van der Waals surface area (Å²) in [4.78, 5) is 48.1. The Hall–Kier alpha value is -3.68. The molecular weight excluding hydrogens is 741 g/mol. The Morgan fingerprint density at radius 1 is 0.508 bits per heavy atom. The maximum atomic E-state index is 12.9. The Labute approximate surface area is 353 Å². The summed E-state index contributed by atoms with van der Waals surface area (Å²) < 4.78 is 0. The van der Waals surface area contributed by atoms with Crippen LogP contribution in [0.3, 0.4) is 0 Å². The molecule has 324 valence electrons. The van der Waals surface area contributed by atoms with E-state index in [9.17, 15) is 39.6 Å². The van der Waals surface area contributed by atoms with Crippen molar-refractivity contribution in [3.8, 4) is 0 Å². The van der Waals surface area contributed by atoms with Crippen LogP contribution in [0.1, 0.15) is 186 Å². The summed E-state index contributed by atoms with van der Waals surface area (Å²) in [5.41, 5.74) is 8.50. The largest absolute Gasteiger partial charge is 0.481 e. The second-order valence-electron chi connectivity index (χ2n) is 19.9. The molecule has 4 aliphatic carbocycles. The highest BCUT2D eigenvalue weighted by atomic mass is 16.4. The highest BCUT2D eigenvalue weighted by Gasteiger charge is 2.59. The average Bonchev–Trinajstić information content (AvgIpc) is 3.99. The summed E-state index contributed by atoms with van der Waals surface area (Å²) in [6, 6.07) is 8.91. The zero-order valence-electron chi connectivity index (χ0n) is 36.4. The van der Waals surface area contributed by atoms with Crippen LogP contribution >= 0.6 is 0 Å². The Morgan fingerprint density at radius 2 is 0.966 bits per heavy atom. The summed E-state index contributed by atoms with van der Waals surface area (Å²) in [5.74, 6) is -2.51. The Balaban J connectivity index is 1.02. The van der Waals surface area contributed by atoms with E-state index in [4.69, 9.17) is 0 Å². The Morgan fingerprint density at radius 3 is 1.51 bits per heavy atom. The van der Waals surface area contributed by atoms with Gasteiger partial charge in [0.15, 0.2) is 0 Å². The van der Waals surface area contributed by atoms with Crippen molar-refractivity contribution in [1.29, 1.82) is 0 Å². The van der Waals surface area contributed by atoms with Gasteiger partial charge in [-0.15, -0.1) is 0 Å². The van der Waals surface area contributed by atoms with Crippen LogP contribution in [-0.4, -0.2) is 44.3 Å². The third kappa shape index (κ3) is 10.8. The molecular formula is C51H72O8. The van der Waals surface area contributed by atoms with Crippen LogP contribution in [0.5, 0.6) is 0 Å². The SMILES string of the molecule is Cc1cc(CC2CC2(CCCCCc2c(C)cccc2CCCCCCC2(C(=O)O)CC2)C(=O)O)c(CCCCC2(C(=O)O)CC2)c(CCCCC2(C(=O)O)CC2)c1C. The van der Waals surface area contributed by atoms with Crippen LogP contribution < -0.4 is 0 Å². The van der Waals surface area contributed by atoms with Crippen molar-refractivity contribution in [2.24, 2.45) is 27.6 Å². The number of aliphatic carboxylic acids is 4. The van der Waals surface area contributed by atoms with E-state index in [0.29, 0.717) is 19.3 Å². The first-order chi connectivity index (χ1) is 28.2. The molecule has 2 aromatic carbocycles. The number of aryl methyl sites for hydroxylation is 3. The van der Waals surface area contributed by atoms with Crippen LogP contribution in [0.15, 0.2) is 24.3 Å². The number of unbranched alkanes of at least 4 members (excludes halogenated alkanes) is 7. The number of carboxylic acid groups (broad SMARTS) is 4. The molecule has 6 rings (SSSR count). The first kappa shape index (κ1) is 44.9. The van der Waals surface area contributed by atoms with Crippen molar-refractivity contribution in [2.45, 2.75) is 194 Å². The summed E-state index contributed by atoms with van der Waals surface area (Å²) in [6.45, 7) is 6.54. The minimum atomic E-state index is -0.678. The van der Waals surface area contributed by atoms with Crippen LogP contribution in [0, 0.1) is 48.3 Å². The lowest BCUT2D eigenvalue weighted by Crippen LogP contribution is -2.19. The quantitative estimate of drug-likeness (QED) is 0.0593. The van der Waals surface area contributed by atoms with Crippen LogP contribution in [0.4, 0.5) is 0 Å². The number of hydrogen-bond acceptors (Lipinski definition) is 4. The highest BCUT2D eigenvalue weighted by molar-refractivity contribution is 5.79. The first-order valence-electron chi connectivity index (χ1n) is 23.3. The maximum Gasteiger partial charge on any atom is 0.309 e. The summed E-state index contributed by atoms with van der Waals surface area (Å²) >= 11 is 0. The molecule has 0 radical (unpaired) electrons. The standard InChI is InChI=1S/C51H72O8/c1-35-16-15-18-38(17-7-4-5-11-22-48(26-27-48)44(52)53)41(35)19-8-6-12-25-51(47(58)59)34-40(51)33-39-32-36(2)37(3)42(20-9-13-23-49(28-29-49)45(54)55)43(39)21-10-14-24-50(30-31-50)46(56)57/h15-16,18,32,40H,4-14,17,19-31,33-34H2,1-3H3,(H,52,53)(H,54,55)(H,56,57)(H,58,59). The molecule has 0 heterocycles. The number of benzene rings is 2. The van der Waals surface area contributed by atoms with Crippen molar-refractivity contribution in [3.63, 3.8) is 0 Å². The van der Waals surface area contributed by atoms with E-state index in [-0.39, 0.29) is 5.92 Å². The average molecular weight is 813 g/mol. The van der Waals surface area contributed by atoms with Gasteiger partial charge in [-0.05, 0) is 200 Å². The lowest BCUT2D eigenvalue weighted by atomic mass is 9.83. The third-order valence-electron chi connectivity index (χ3n) is 15.8. The molecule has 0 amide bonds. The molecule has 59 heavy (non-hydrogen) atoms. The van der Waals surface area contributed by atoms with E-state index < -0.39 is 45.5 Å². The van der Waals surface area contributed by atoms with Crippen molar-refractivity contribution < 1.29 is 39.6 Å². The van der Waals surface area contributed by atoms with E-state index in [2.05, 4.69) is 45.0 Å². The second-order valence-corrected chi connectivity index (χ2v) is 19.9.